The zero-order valence-electron chi connectivity index (χ0n) is 11.0. The molecule has 19 heavy (non-hydrogen) atoms. The second-order valence-corrected chi connectivity index (χ2v) is 6.41. The van der Waals surface area contributed by atoms with Crippen molar-refractivity contribution in [2.24, 2.45) is 0 Å². The van der Waals surface area contributed by atoms with Gasteiger partial charge in [-0.05, 0) is 36.6 Å². The number of fused-ring (bicyclic) bond motifs is 1. The molecule has 0 aromatic heterocycles. The highest BCUT2D eigenvalue weighted by Crippen LogP contribution is 2.35. The van der Waals surface area contributed by atoms with Crippen LogP contribution in [0.1, 0.15) is 37.3 Å². The van der Waals surface area contributed by atoms with Crippen molar-refractivity contribution in [2.75, 3.05) is 12.3 Å². The van der Waals surface area contributed by atoms with Gasteiger partial charge in [0.05, 0.1) is 0 Å². The van der Waals surface area contributed by atoms with E-state index in [1.165, 1.54) is 10.5 Å². The monoisotopic (exact) mass is 276 g/mol. The van der Waals surface area contributed by atoms with Crippen LogP contribution in [-0.4, -0.2) is 24.2 Å². The van der Waals surface area contributed by atoms with E-state index >= 15 is 0 Å². The van der Waals surface area contributed by atoms with Crippen LogP contribution < -0.4 is 10.6 Å². The number of amides is 1. The summed E-state index contributed by atoms with van der Waals surface area (Å²) >= 11 is 1.93. The van der Waals surface area contributed by atoms with Gasteiger partial charge in [0.1, 0.15) is 0 Å². The minimum Gasteiger partial charge on any atom is -0.353 e. The zero-order chi connectivity index (χ0) is 13.1. The van der Waals surface area contributed by atoms with Crippen LogP contribution >= 0.6 is 11.8 Å². The van der Waals surface area contributed by atoms with Gasteiger partial charge in [0.2, 0.25) is 5.91 Å². The Morgan fingerprint density at radius 2 is 2.11 bits per heavy atom. The quantitative estimate of drug-likeness (QED) is 0.868. The maximum Gasteiger partial charge on any atom is 0.221 e. The molecule has 1 amide bonds. The predicted octanol–water partition coefficient (Wildman–Crippen LogP) is 2.48. The van der Waals surface area contributed by atoms with Crippen LogP contribution in [0.15, 0.2) is 29.2 Å². The van der Waals surface area contributed by atoms with Crippen LogP contribution in [-0.2, 0) is 4.79 Å². The number of thioether (sulfide) groups is 1. The van der Waals surface area contributed by atoms with Gasteiger partial charge < -0.3 is 10.6 Å². The number of benzene rings is 1. The molecular weight excluding hydrogens is 256 g/mol. The van der Waals surface area contributed by atoms with Gasteiger partial charge in [-0.25, -0.2) is 0 Å². The molecule has 0 radical (unpaired) electrons. The molecular formula is C15H20N2OS. The SMILES string of the molecule is O=C(CCNC1CCSc2ccccc21)NC1CC1. The summed E-state index contributed by atoms with van der Waals surface area (Å²) in [7, 11) is 0. The van der Waals surface area contributed by atoms with Crippen molar-refractivity contribution in [1.82, 2.24) is 10.6 Å². The summed E-state index contributed by atoms with van der Waals surface area (Å²) in [4.78, 5) is 13.0. The van der Waals surface area contributed by atoms with E-state index in [1.54, 1.807) is 0 Å². The first kappa shape index (κ1) is 13.0. The Morgan fingerprint density at radius 3 is 2.95 bits per heavy atom. The molecule has 2 aliphatic rings. The Hall–Kier alpha value is -1.00. The van der Waals surface area contributed by atoms with E-state index in [-0.39, 0.29) is 5.91 Å². The number of hydrogen-bond donors (Lipinski definition) is 2. The van der Waals surface area contributed by atoms with Gasteiger partial charge in [0.15, 0.2) is 0 Å². The molecule has 102 valence electrons. The van der Waals surface area contributed by atoms with Crippen LogP contribution in [0.3, 0.4) is 0 Å². The van der Waals surface area contributed by atoms with E-state index in [9.17, 15) is 4.79 Å². The predicted molar refractivity (Wildman–Crippen MR) is 78.3 cm³/mol. The Morgan fingerprint density at radius 1 is 1.26 bits per heavy atom. The smallest absolute Gasteiger partial charge is 0.221 e. The summed E-state index contributed by atoms with van der Waals surface area (Å²) in [6.45, 7) is 0.766. The summed E-state index contributed by atoms with van der Waals surface area (Å²) in [6.07, 6.45) is 4.05. The van der Waals surface area contributed by atoms with Crippen molar-refractivity contribution >= 4 is 17.7 Å². The average molecular weight is 276 g/mol. The standard InChI is InChI=1S/C15H20N2OS/c18-15(17-11-5-6-11)7-9-16-13-8-10-19-14-4-2-1-3-12(13)14/h1-4,11,13,16H,5-10H2,(H,17,18). The van der Waals surface area contributed by atoms with E-state index in [0.717, 1.165) is 31.6 Å². The van der Waals surface area contributed by atoms with E-state index in [0.29, 0.717) is 18.5 Å². The highest BCUT2D eigenvalue weighted by atomic mass is 32.2. The third-order valence-corrected chi connectivity index (χ3v) is 4.77. The van der Waals surface area contributed by atoms with Crippen molar-refractivity contribution < 1.29 is 4.79 Å². The average Bonchev–Trinajstić information content (AvgIpc) is 3.23. The molecule has 4 heteroatoms. The second kappa shape index (κ2) is 5.97. The molecule has 1 unspecified atom stereocenters. The highest BCUT2D eigenvalue weighted by Gasteiger charge is 2.23. The third-order valence-electron chi connectivity index (χ3n) is 3.64. The lowest BCUT2D eigenvalue weighted by atomic mass is 10.0. The van der Waals surface area contributed by atoms with E-state index in [1.807, 2.05) is 11.8 Å². The Bertz CT molecular complexity index is 459. The van der Waals surface area contributed by atoms with Gasteiger partial charge in [-0.3, -0.25) is 4.79 Å². The topological polar surface area (TPSA) is 41.1 Å². The van der Waals surface area contributed by atoms with E-state index < -0.39 is 0 Å². The summed E-state index contributed by atoms with van der Waals surface area (Å²) in [5.41, 5.74) is 1.39. The van der Waals surface area contributed by atoms with Crippen molar-refractivity contribution in [1.29, 1.82) is 0 Å². The molecule has 1 aromatic carbocycles. The molecule has 1 fully saturated rings. The Kier molecular flexibility index (Phi) is 4.09. The van der Waals surface area contributed by atoms with Gasteiger partial charge in [-0.1, -0.05) is 18.2 Å². The minimum atomic E-state index is 0.188. The molecule has 1 aliphatic heterocycles. The minimum absolute atomic E-state index is 0.188. The molecule has 0 saturated heterocycles. The lowest BCUT2D eigenvalue weighted by Gasteiger charge is -2.25. The summed E-state index contributed by atoms with van der Waals surface area (Å²) < 4.78 is 0. The van der Waals surface area contributed by atoms with Crippen LogP contribution in [0.25, 0.3) is 0 Å². The van der Waals surface area contributed by atoms with Gasteiger partial charge in [0, 0.05) is 29.9 Å². The maximum atomic E-state index is 11.6. The molecule has 0 spiro atoms. The van der Waals surface area contributed by atoms with Gasteiger partial charge >= 0.3 is 0 Å². The number of nitrogens with one attached hydrogen (secondary N) is 2. The summed E-state index contributed by atoms with van der Waals surface area (Å²) in [6, 6.07) is 9.46. The molecule has 3 rings (SSSR count). The van der Waals surface area contributed by atoms with Gasteiger partial charge in [-0.15, -0.1) is 11.8 Å². The molecule has 1 saturated carbocycles. The summed E-state index contributed by atoms with van der Waals surface area (Å²) in [5, 5.41) is 6.56. The largest absolute Gasteiger partial charge is 0.353 e. The number of carbonyl (C=O) groups is 1. The Balaban J connectivity index is 1.49. The van der Waals surface area contributed by atoms with Gasteiger partial charge in [-0.2, -0.15) is 0 Å². The van der Waals surface area contributed by atoms with E-state index in [2.05, 4.69) is 34.9 Å². The Labute approximate surface area is 118 Å². The fraction of sp³-hybridized carbons (Fsp3) is 0.533. The van der Waals surface area contributed by atoms with Crippen LogP contribution in [0.5, 0.6) is 0 Å². The molecule has 2 N–H and O–H groups in total. The fourth-order valence-electron chi connectivity index (χ4n) is 2.44. The first-order valence-electron chi connectivity index (χ1n) is 7.07. The highest BCUT2D eigenvalue weighted by molar-refractivity contribution is 7.99. The lowest BCUT2D eigenvalue weighted by Crippen LogP contribution is -2.31. The number of rotatable bonds is 5. The third kappa shape index (κ3) is 3.51. The first-order valence-corrected chi connectivity index (χ1v) is 8.06. The zero-order valence-corrected chi connectivity index (χ0v) is 11.8. The first-order chi connectivity index (χ1) is 9.33. The normalized spacial score (nSPS) is 21.8. The van der Waals surface area contributed by atoms with Crippen molar-refractivity contribution in [3.05, 3.63) is 29.8 Å². The second-order valence-electron chi connectivity index (χ2n) is 5.27. The molecule has 1 heterocycles. The van der Waals surface area contributed by atoms with E-state index in [4.69, 9.17) is 0 Å². The maximum absolute atomic E-state index is 11.6. The van der Waals surface area contributed by atoms with Crippen LogP contribution in [0.2, 0.25) is 0 Å². The van der Waals surface area contributed by atoms with Crippen LogP contribution in [0.4, 0.5) is 0 Å². The molecule has 3 nitrogen and oxygen atoms in total. The molecule has 1 aromatic rings. The molecule has 1 atom stereocenters. The summed E-state index contributed by atoms with van der Waals surface area (Å²) in [5.74, 6) is 1.34. The molecule has 1 aliphatic carbocycles. The van der Waals surface area contributed by atoms with Crippen molar-refractivity contribution in [2.45, 2.75) is 42.7 Å². The van der Waals surface area contributed by atoms with Crippen molar-refractivity contribution in [3.8, 4) is 0 Å². The van der Waals surface area contributed by atoms with Crippen LogP contribution in [0, 0.1) is 0 Å². The van der Waals surface area contributed by atoms with Crippen molar-refractivity contribution in [3.63, 3.8) is 0 Å². The lowest BCUT2D eigenvalue weighted by molar-refractivity contribution is -0.121. The number of carbonyl (C=O) groups excluding carboxylic acids is 1. The molecule has 0 bridgehead atoms. The fourth-order valence-corrected chi connectivity index (χ4v) is 3.57. The number of hydrogen-bond acceptors (Lipinski definition) is 3. The van der Waals surface area contributed by atoms with Gasteiger partial charge in [0.25, 0.3) is 0 Å².